The summed E-state index contributed by atoms with van der Waals surface area (Å²) < 4.78 is 10.9. The molecule has 1 aromatic rings. The van der Waals surface area contributed by atoms with Gasteiger partial charge in [0.25, 0.3) is 0 Å². The summed E-state index contributed by atoms with van der Waals surface area (Å²) in [6.07, 6.45) is 4.21. The van der Waals surface area contributed by atoms with Crippen molar-refractivity contribution >= 4 is 0 Å². The standard InChI is InChI=1S/C11H17NO2/c1-3-13-11(14-4-2)9-10-5-7-12-8-6-10/h5-8,11H,3-4,9H2,1-2H3. The van der Waals surface area contributed by atoms with Gasteiger partial charge < -0.3 is 9.47 Å². The van der Waals surface area contributed by atoms with Crippen LogP contribution < -0.4 is 0 Å². The molecule has 3 heteroatoms. The van der Waals surface area contributed by atoms with Crippen LogP contribution in [-0.2, 0) is 15.9 Å². The van der Waals surface area contributed by atoms with Crippen molar-refractivity contribution < 1.29 is 9.47 Å². The molecule has 14 heavy (non-hydrogen) atoms. The molecule has 0 radical (unpaired) electrons. The van der Waals surface area contributed by atoms with E-state index in [2.05, 4.69) is 4.98 Å². The van der Waals surface area contributed by atoms with E-state index in [0.29, 0.717) is 13.2 Å². The van der Waals surface area contributed by atoms with Crippen LogP contribution in [0.15, 0.2) is 24.5 Å². The van der Waals surface area contributed by atoms with E-state index in [9.17, 15) is 0 Å². The van der Waals surface area contributed by atoms with Gasteiger partial charge in [0.2, 0.25) is 0 Å². The van der Waals surface area contributed by atoms with Crippen LogP contribution in [0.4, 0.5) is 0 Å². The molecule has 0 amide bonds. The second-order valence-corrected chi connectivity index (χ2v) is 2.90. The fraction of sp³-hybridized carbons (Fsp3) is 0.545. The molecule has 0 aliphatic carbocycles. The van der Waals surface area contributed by atoms with Gasteiger partial charge in [0.05, 0.1) is 0 Å². The predicted molar refractivity (Wildman–Crippen MR) is 55.0 cm³/mol. The Morgan fingerprint density at radius 1 is 1.14 bits per heavy atom. The first kappa shape index (κ1) is 11.1. The lowest BCUT2D eigenvalue weighted by Gasteiger charge is -2.16. The molecule has 0 saturated heterocycles. The number of pyridine rings is 1. The lowest BCUT2D eigenvalue weighted by Crippen LogP contribution is -2.20. The van der Waals surface area contributed by atoms with E-state index in [1.54, 1.807) is 12.4 Å². The Morgan fingerprint density at radius 2 is 1.71 bits per heavy atom. The lowest BCUT2D eigenvalue weighted by atomic mass is 10.2. The van der Waals surface area contributed by atoms with Crippen molar-refractivity contribution in [2.45, 2.75) is 26.6 Å². The fourth-order valence-electron chi connectivity index (χ4n) is 1.25. The Hall–Kier alpha value is -0.930. The van der Waals surface area contributed by atoms with E-state index in [4.69, 9.17) is 9.47 Å². The Bertz CT molecular complexity index is 232. The molecule has 0 aromatic carbocycles. The number of ether oxygens (including phenoxy) is 2. The molecular weight excluding hydrogens is 178 g/mol. The molecule has 1 aromatic heterocycles. The minimum absolute atomic E-state index is 0.132. The van der Waals surface area contributed by atoms with Crippen LogP contribution in [0.3, 0.4) is 0 Å². The average Bonchev–Trinajstić information content (AvgIpc) is 2.20. The molecule has 0 atom stereocenters. The smallest absolute Gasteiger partial charge is 0.161 e. The van der Waals surface area contributed by atoms with E-state index >= 15 is 0 Å². The quantitative estimate of drug-likeness (QED) is 0.651. The van der Waals surface area contributed by atoms with Crippen LogP contribution in [-0.4, -0.2) is 24.5 Å². The summed E-state index contributed by atoms with van der Waals surface area (Å²) >= 11 is 0. The molecule has 1 rings (SSSR count). The average molecular weight is 195 g/mol. The third-order valence-electron chi connectivity index (χ3n) is 1.86. The summed E-state index contributed by atoms with van der Waals surface area (Å²) in [5.74, 6) is 0. The molecule has 0 aliphatic rings. The van der Waals surface area contributed by atoms with Gasteiger partial charge in [0.15, 0.2) is 6.29 Å². The summed E-state index contributed by atoms with van der Waals surface area (Å²) in [5.41, 5.74) is 1.19. The Morgan fingerprint density at radius 3 is 2.21 bits per heavy atom. The number of nitrogens with zero attached hydrogens (tertiary/aromatic N) is 1. The van der Waals surface area contributed by atoms with Gasteiger partial charge in [0.1, 0.15) is 0 Å². The normalized spacial score (nSPS) is 10.8. The molecule has 0 saturated carbocycles. The second-order valence-electron chi connectivity index (χ2n) is 2.90. The zero-order valence-electron chi connectivity index (χ0n) is 8.77. The van der Waals surface area contributed by atoms with E-state index in [1.807, 2.05) is 26.0 Å². The fourth-order valence-corrected chi connectivity index (χ4v) is 1.25. The van der Waals surface area contributed by atoms with Gasteiger partial charge in [-0.05, 0) is 31.5 Å². The van der Waals surface area contributed by atoms with Gasteiger partial charge in [-0.25, -0.2) is 0 Å². The molecule has 1 heterocycles. The summed E-state index contributed by atoms with van der Waals surface area (Å²) in [6.45, 7) is 5.29. The highest BCUT2D eigenvalue weighted by Crippen LogP contribution is 2.06. The summed E-state index contributed by atoms with van der Waals surface area (Å²) in [7, 11) is 0. The van der Waals surface area contributed by atoms with Crippen molar-refractivity contribution in [2.24, 2.45) is 0 Å². The molecule has 0 bridgehead atoms. The van der Waals surface area contributed by atoms with Gasteiger partial charge in [-0.2, -0.15) is 0 Å². The molecule has 0 fully saturated rings. The van der Waals surface area contributed by atoms with Crippen molar-refractivity contribution in [3.8, 4) is 0 Å². The Labute approximate surface area is 85.1 Å². The lowest BCUT2D eigenvalue weighted by molar-refractivity contribution is -0.134. The van der Waals surface area contributed by atoms with Crippen molar-refractivity contribution in [1.82, 2.24) is 4.98 Å². The van der Waals surface area contributed by atoms with Crippen LogP contribution in [0.25, 0.3) is 0 Å². The monoisotopic (exact) mass is 195 g/mol. The number of hydrogen-bond acceptors (Lipinski definition) is 3. The third kappa shape index (κ3) is 3.85. The summed E-state index contributed by atoms with van der Waals surface area (Å²) in [5, 5.41) is 0. The van der Waals surface area contributed by atoms with Crippen LogP contribution in [0, 0.1) is 0 Å². The van der Waals surface area contributed by atoms with Crippen LogP contribution >= 0.6 is 0 Å². The topological polar surface area (TPSA) is 31.4 Å². The van der Waals surface area contributed by atoms with Gasteiger partial charge in [0, 0.05) is 32.0 Å². The SMILES string of the molecule is CCOC(Cc1ccncc1)OCC. The van der Waals surface area contributed by atoms with Crippen LogP contribution in [0.1, 0.15) is 19.4 Å². The van der Waals surface area contributed by atoms with E-state index in [-0.39, 0.29) is 6.29 Å². The molecule has 3 nitrogen and oxygen atoms in total. The first-order valence-electron chi connectivity index (χ1n) is 4.99. The molecule has 78 valence electrons. The minimum atomic E-state index is -0.132. The highest BCUT2D eigenvalue weighted by atomic mass is 16.7. The molecular formula is C11H17NO2. The van der Waals surface area contributed by atoms with Crippen molar-refractivity contribution in [3.05, 3.63) is 30.1 Å². The van der Waals surface area contributed by atoms with Crippen LogP contribution in [0.2, 0.25) is 0 Å². The zero-order chi connectivity index (χ0) is 10.2. The first-order valence-corrected chi connectivity index (χ1v) is 4.99. The maximum atomic E-state index is 5.44. The van der Waals surface area contributed by atoms with Gasteiger partial charge in [-0.15, -0.1) is 0 Å². The van der Waals surface area contributed by atoms with E-state index in [0.717, 1.165) is 6.42 Å². The second kappa shape index (κ2) is 6.51. The van der Waals surface area contributed by atoms with E-state index < -0.39 is 0 Å². The molecule has 0 unspecified atom stereocenters. The number of rotatable bonds is 6. The number of hydrogen-bond donors (Lipinski definition) is 0. The Kier molecular flexibility index (Phi) is 5.19. The molecule has 0 spiro atoms. The van der Waals surface area contributed by atoms with Gasteiger partial charge in [-0.1, -0.05) is 0 Å². The summed E-state index contributed by atoms with van der Waals surface area (Å²) in [6, 6.07) is 3.95. The Balaban J connectivity index is 2.46. The van der Waals surface area contributed by atoms with Crippen molar-refractivity contribution in [2.75, 3.05) is 13.2 Å². The molecule has 0 N–H and O–H groups in total. The minimum Gasteiger partial charge on any atom is -0.353 e. The maximum absolute atomic E-state index is 5.44. The van der Waals surface area contributed by atoms with Gasteiger partial charge >= 0.3 is 0 Å². The molecule has 0 aliphatic heterocycles. The highest BCUT2D eigenvalue weighted by Gasteiger charge is 2.08. The highest BCUT2D eigenvalue weighted by molar-refractivity contribution is 5.10. The largest absolute Gasteiger partial charge is 0.353 e. The third-order valence-corrected chi connectivity index (χ3v) is 1.86. The van der Waals surface area contributed by atoms with Crippen LogP contribution in [0.5, 0.6) is 0 Å². The zero-order valence-corrected chi connectivity index (χ0v) is 8.77. The van der Waals surface area contributed by atoms with Gasteiger partial charge in [-0.3, -0.25) is 4.98 Å². The summed E-state index contributed by atoms with van der Waals surface area (Å²) in [4.78, 5) is 3.96. The number of aromatic nitrogens is 1. The van der Waals surface area contributed by atoms with Crippen molar-refractivity contribution in [3.63, 3.8) is 0 Å². The predicted octanol–water partition coefficient (Wildman–Crippen LogP) is 2.02. The van der Waals surface area contributed by atoms with Crippen molar-refractivity contribution in [1.29, 1.82) is 0 Å². The first-order chi connectivity index (χ1) is 6.86. The van der Waals surface area contributed by atoms with E-state index in [1.165, 1.54) is 5.56 Å². The maximum Gasteiger partial charge on any atom is 0.161 e.